The SMILES string of the molecule is CN1C(=O)[C@@H](NC(=O)c2ncc(Cl)c(-c3cc(P)ccc3F)n2)COc2ccc(Oc3cnn(C)c3)cc21. The van der Waals surface area contributed by atoms with E-state index >= 15 is 0 Å². The number of rotatable bonds is 5. The highest BCUT2D eigenvalue weighted by atomic mass is 35.5. The molecule has 2 aromatic heterocycles. The lowest BCUT2D eigenvalue weighted by atomic mass is 10.1. The Bertz CT molecular complexity index is 1560. The summed E-state index contributed by atoms with van der Waals surface area (Å²) in [6.45, 7) is -0.130. The Labute approximate surface area is 223 Å². The van der Waals surface area contributed by atoms with Crippen LogP contribution >= 0.6 is 20.8 Å². The fourth-order valence-corrected chi connectivity index (χ4v) is 4.30. The number of hydrogen-bond donors (Lipinski definition) is 1. The quantitative estimate of drug-likeness (QED) is 0.377. The minimum atomic E-state index is -1.04. The van der Waals surface area contributed by atoms with Crippen LogP contribution in [0.1, 0.15) is 10.6 Å². The highest BCUT2D eigenvalue weighted by Crippen LogP contribution is 2.35. The van der Waals surface area contributed by atoms with Gasteiger partial charge in [0.2, 0.25) is 5.82 Å². The molecule has 1 N–H and O–H groups in total. The van der Waals surface area contributed by atoms with Gasteiger partial charge in [0, 0.05) is 25.7 Å². The van der Waals surface area contributed by atoms with Gasteiger partial charge in [-0.3, -0.25) is 14.3 Å². The lowest BCUT2D eigenvalue weighted by Gasteiger charge is -2.20. The number of likely N-dealkylation sites (N-methyl/N-ethyl adjacent to an activating group) is 1. The van der Waals surface area contributed by atoms with Crippen molar-refractivity contribution in [1.82, 2.24) is 25.1 Å². The largest absolute Gasteiger partial charge is 0.489 e. The van der Waals surface area contributed by atoms with Crippen LogP contribution < -0.4 is 25.0 Å². The standard InChI is InChI=1S/C25H21ClFN6O4P/c1-32-11-14(9-29-32)37-13-3-6-21-20(7-13)33(2)25(35)19(12-36-21)30-24(34)23-28-10-17(26)22(31-23)16-8-15(38)4-5-18(16)27/h3-11,19H,12,38H2,1-2H3,(H,30,34)/t19-/m0/s1. The van der Waals surface area contributed by atoms with Crippen LogP contribution in [0.3, 0.4) is 0 Å². The maximum Gasteiger partial charge on any atom is 0.289 e. The molecule has 2 atom stereocenters. The molecule has 194 valence electrons. The number of nitrogens with zero attached hydrogens (tertiary/aromatic N) is 5. The summed E-state index contributed by atoms with van der Waals surface area (Å²) < 4.78 is 27.7. The van der Waals surface area contributed by atoms with Gasteiger partial charge in [0.15, 0.2) is 5.75 Å². The average molecular weight is 555 g/mol. The summed E-state index contributed by atoms with van der Waals surface area (Å²) >= 11 is 6.21. The Morgan fingerprint density at radius 1 is 1.21 bits per heavy atom. The molecule has 0 aliphatic carbocycles. The summed E-state index contributed by atoms with van der Waals surface area (Å²) in [5.41, 5.74) is 0.640. The van der Waals surface area contributed by atoms with E-state index < -0.39 is 23.7 Å². The van der Waals surface area contributed by atoms with Crippen molar-refractivity contribution in [2.45, 2.75) is 6.04 Å². The van der Waals surface area contributed by atoms with E-state index in [9.17, 15) is 14.0 Å². The summed E-state index contributed by atoms with van der Waals surface area (Å²) in [5.74, 6) is -0.545. The van der Waals surface area contributed by atoms with Crippen molar-refractivity contribution in [2.75, 3.05) is 18.6 Å². The molecule has 1 aliphatic rings. The number of anilines is 1. The second-order valence-corrected chi connectivity index (χ2v) is 9.52. The lowest BCUT2D eigenvalue weighted by molar-refractivity contribution is -0.120. The Morgan fingerprint density at radius 3 is 2.79 bits per heavy atom. The maximum atomic E-state index is 14.5. The fourth-order valence-electron chi connectivity index (χ4n) is 3.85. The number of benzene rings is 2. The molecule has 1 unspecified atom stereocenters. The van der Waals surface area contributed by atoms with Gasteiger partial charge < -0.3 is 19.7 Å². The van der Waals surface area contributed by atoms with E-state index in [4.69, 9.17) is 21.1 Å². The molecular weight excluding hydrogens is 534 g/mol. The topological polar surface area (TPSA) is 111 Å². The zero-order valence-electron chi connectivity index (χ0n) is 20.2. The number of fused-ring (bicyclic) bond motifs is 1. The van der Waals surface area contributed by atoms with Crippen molar-refractivity contribution in [1.29, 1.82) is 0 Å². The van der Waals surface area contributed by atoms with Crippen LogP contribution in [0.5, 0.6) is 17.2 Å². The lowest BCUT2D eigenvalue weighted by Crippen LogP contribution is -2.49. The van der Waals surface area contributed by atoms with Crippen LogP contribution in [0.2, 0.25) is 5.02 Å². The minimum Gasteiger partial charge on any atom is -0.489 e. The number of nitrogens with one attached hydrogen (secondary N) is 1. The molecule has 10 nitrogen and oxygen atoms in total. The molecule has 0 radical (unpaired) electrons. The first-order valence-corrected chi connectivity index (χ1v) is 12.2. The highest BCUT2D eigenvalue weighted by molar-refractivity contribution is 7.27. The second kappa shape index (κ2) is 10.4. The Hall–Kier alpha value is -4.08. The normalized spacial score (nSPS) is 14.9. The Morgan fingerprint density at radius 2 is 2.03 bits per heavy atom. The number of ether oxygens (including phenoxy) is 2. The molecule has 1 aliphatic heterocycles. The van der Waals surface area contributed by atoms with Crippen LogP contribution in [-0.2, 0) is 11.8 Å². The zero-order valence-corrected chi connectivity index (χ0v) is 22.1. The van der Waals surface area contributed by atoms with E-state index in [1.807, 2.05) is 0 Å². The van der Waals surface area contributed by atoms with E-state index in [1.54, 1.807) is 55.4 Å². The third kappa shape index (κ3) is 5.16. The van der Waals surface area contributed by atoms with E-state index in [2.05, 4.69) is 29.6 Å². The number of aromatic nitrogens is 4. The summed E-state index contributed by atoms with van der Waals surface area (Å²) in [6, 6.07) is 8.39. The van der Waals surface area contributed by atoms with E-state index in [0.29, 0.717) is 28.2 Å². The molecule has 0 saturated heterocycles. The molecular formula is C25H21ClFN6O4P. The van der Waals surface area contributed by atoms with Crippen LogP contribution in [-0.4, -0.2) is 51.3 Å². The summed E-state index contributed by atoms with van der Waals surface area (Å²) in [5, 5.41) is 7.46. The van der Waals surface area contributed by atoms with Gasteiger partial charge in [-0.1, -0.05) is 17.7 Å². The molecule has 38 heavy (non-hydrogen) atoms. The number of carbonyl (C=O) groups excluding carboxylic acids is 2. The molecule has 0 saturated carbocycles. The Balaban J connectivity index is 1.35. The molecule has 4 aromatic rings. The molecule has 5 rings (SSSR count). The predicted molar refractivity (Wildman–Crippen MR) is 142 cm³/mol. The van der Waals surface area contributed by atoms with Gasteiger partial charge in [0.05, 0.1) is 35.0 Å². The van der Waals surface area contributed by atoms with Crippen LogP contribution in [0.4, 0.5) is 10.1 Å². The number of carbonyl (C=O) groups is 2. The molecule has 2 aromatic carbocycles. The van der Waals surface area contributed by atoms with E-state index in [-0.39, 0.29) is 28.7 Å². The molecule has 2 amide bonds. The van der Waals surface area contributed by atoms with Crippen molar-refractivity contribution < 1.29 is 23.5 Å². The first kappa shape index (κ1) is 25.6. The highest BCUT2D eigenvalue weighted by Gasteiger charge is 2.32. The van der Waals surface area contributed by atoms with Crippen molar-refractivity contribution in [3.8, 4) is 28.5 Å². The molecule has 0 fully saturated rings. The van der Waals surface area contributed by atoms with Gasteiger partial charge in [0.25, 0.3) is 11.8 Å². The first-order valence-electron chi connectivity index (χ1n) is 11.3. The van der Waals surface area contributed by atoms with Crippen molar-refractivity contribution in [3.05, 3.63) is 71.7 Å². The van der Waals surface area contributed by atoms with Crippen LogP contribution in [0.25, 0.3) is 11.3 Å². The number of amides is 2. The summed E-state index contributed by atoms with van der Waals surface area (Å²) in [4.78, 5) is 35.8. The van der Waals surface area contributed by atoms with Gasteiger partial charge in [-0.05, 0) is 29.6 Å². The molecule has 3 heterocycles. The number of halogens is 2. The van der Waals surface area contributed by atoms with E-state index in [1.165, 1.54) is 23.2 Å². The zero-order chi connectivity index (χ0) is 27.0. The maximum absolute atomic E-state index is 14.5. The first-order chi connectivity index (χ1) is 18.2. The molecule has 0 spiro atoms. The van der Waals surface area contributed by atoms with Crippen molar-refractivity contribution in [2.24, 2.45) is 7.05 Å². The van der Waals surface area contributed by atoms with Gasteiger partial charge in [-0.2, -0.15) is 5.10 Å². The third-order valence-corrected chi connectivity index (χ3v) is 6.38. The molecule has 0 bridgehead atoms. The summed E-state index contributed by atoms with van der Waals surface area (Å²) in [7, 11) is 5.80. The number of aryl methyl sites for hydroxylation is 1. The van der Waals surface area contributed by atoms with Gasteiger partial charge in [-0.15, -0.1) is 9.24 Å². The van der Waals surface area contributed by atoms with Crippen molar-refractivity contribution in [3.63, 3.8) is 0 Å². The van der Waals surface area contributed by atoms with Crippen LogP contribution in [0, 0.1) is 5.82 Å². The van der Waals surface area contributed by atoms with Gasteiger partial charge in [-0.25, -0.2) is 14.4 Å². The van der Waals surface area contributed by atoms with Gasteiger partial charge >= 0.3 is 0 Å². The monoisotopic (exact) mass is 554 g/mol. The van der Waals surface area contributed by atoms with Crippen molar-refractivity contribution >= 4 is 43.6 Å². The number of hydrogen-bond acceptors (Lipinski definition) is 7. The third-order valence-electron chi connectivity index (χ3n) is 5.74. The smallest absolute Gasteiger partial charge is 0.289 e. The molecule has 13 heteroatoms. The Kier molecular flexibility index (Phi) is 6.96. The van der Waals surface area contributed by atoms with E-state index in [0.717, 1.165) is 0 Å². The van der Waals surface area contributed by atoms with Crippen LogP contribution in [0.15, 0.2) is 55.0 Å². The second-order valence-electron chi connectivity index (χ2n) is 8.45. The van der Waals surface area contributed by atoms with Gasteiger partial charge in [0.1, 0.15) is 30.0 Å². The average Bonchev–Trinajstić information content (AvgIpc) is 3.27. The summed E-state index contributed by atoms with van der Waals surface area (Å²) in [6.07, 6.45) is 4.49. The fraction of sp³-hybridized carbons (Fsp3) is 0.160. The minimum absolute atomic E-state index is 0.0581. The predicted octanol–water partition coefficient (Wildman–Crippen LogP) is 3.12.